The lowest BCUT2D eigenvalue weighted by molar-refractivity contribution is -0.203. The zero-order valence-corrected chi connectivity index (χ0v) is 22.0. The van der Waals surface area contributed by atoms with Crippen LogP contribution in [-0.2, 0) is 20.7 Å². The van der Waals surface area contributed by atoms with Gasteiger partial charge >= 0.3 is 23.8 Å². The fraction of sp³-hybridized carbons (Fsp3) is 0.296. The number of carbonyl (C=O) groups is 3. The Labute approximate surface area is 222 Å². The Morgan fingerprint density at radius 2 is 1.68 bits per heavy atom. The van der Waals surface area contributed by atoms with Gasteiger partial charge in [0.1, 0.15) is 10.6 Å². The van der Waals surface area contributed by atoms with Crippen molar-refractivity contribution >= 4 is 34.2 Å². The summed E-state index contributed by atoms with van der Waals surface area (Å²) in [6.07, 6.45) is -5.01. The number of aryl methyl sites for hydroxylation is 2. The third-order valence-electron chi connectivity index (χ3n) is 5.64. The summed E-state index contributed by atoms with van der Waals surface area (Å²) in [5, 5.41) is 3.66. The molecule has 0 aliphatic carbocycles. The quantitative estimate of drug-likeness (QED) is 0.262. The van der Waals surface area contributed by atoms with Gasteiger partial charge in [-0.3, -0.25) is 4.79 Å². The Morgan fingerprint density at radius 3 is 2.24 bits per heavy atom. The molecule has 3 aromatic rings. The lowest BCUT2D eigenvalue weighted by Crippen LogP contribution is -2.69. The molecular weight excluding hydrogens is 521 g/mol. The van der Waals surface area contributed by atoms with Crippen LogP contribution in [0.4, 0.5) is 18.2 Å². The van der Waals surface area contributed by atoms with Crippen molar-refractivity contribution in [3.8, 4) is 11.1 Å². The molecule has 0 saturated carbocycles. The van der Waals surface area contributed by atoms with E-state index < -0.39 is 29.7 Å². The minimum atomic E-state index is -5.38. The fourth-order valence-electron chi connectivity index (χ4n) is 3.87. The van der Waals surface area contributed by atoms with Crippen LogP contribution in [0.1, 0.15) is 45.0 Å². The lowest BCUT2D eigenvalue weighted by atomic mass is 9.99. The minimum Gasteiger partial charge on any atom is -0.466 e. The molecule has 0 bridgehead atoms. The van der Waals surface area contributed by atoms with Crippen molar-refractivity contribution in [3.05, 3.63) is 76.2 Å². The number of esters is 2. The van der Waals surface area contributed by atoms with Gasteiger partial charge in [0.2, 0.25) is 0 Å². The summed E-state index contributed by atoms with van der Waals surface area (Å²) in [6, 6.07) is 14.5. The topological polar surface area (TPSA) is 93.7 Å². The molecule has 1 amide bonds. The molecule has 0 fully saturated rings. The summed E-state index contributed by atoms with van der Waals surface area (Å²) in [6.45, 7) is 4.99. The average Bonchev–Trinajstić information content (AvgIpc) is 3.25. The highest BCUT2D eigenvalue weighted by Crippen LogP contribution is 2.44. The standard InChI is InChI=1S/C27H27F3N2O5S/c1-5-19-20(17-12-8-7-9-13-17)21(24(34)37-6-2)23(38-19)32-26(25(35)36-4,27(28,29)30)31-22(33)18-14-10-11-16(3)15-18/h7-15,32H,5-6H2,1-4H3,(H,31,33). The average molecular weight is 549 g/mol. The number of benzene rings is 2. The van der Waals surface area contributed by atoms with Crippen LogP contribution in [0.25, 0.3) is 11.1 Å². The van der Waals surface area contributed by atoms with E-state index in [1.807, 2.05) is 0 Å². The van der Waals surface area contributed by atoms with Gasteiger partial charge in [0, 0.05) is 16.0 Å². The molecule has 1 unspecified atom stereocenters. The molecule has 0 spiro atoms. The fourth-order valence-corrected chi connectivity index (χ4v) is 5.07. The maximum atomic E-state index is 14.8. The maximum absolute atomic E-state index is 14.8. The minimum absolute atomic E-state index is 0.0324. The van der Waals surface area contributed by atoms with Gasteiger partial charge < -0.3 is 20.1 Å². The van der Waals surface area contributed by atoms with Crippen LogP contribution in [-0.4, -0.2) is 43.4 Å². The Bertz CT molecular complexity index is 1320. The van der Waals surface area contributed by atoms with Crippen molar-refractivity contribution < 1.29 is 37.0 Å². The number of anilines is 1. The summed E-state index contributed by atoms with van der Waals surface area (Å²) in [7, 11) is 0.775. The molecule has 0 aliphatic rings. The number of methoxy groups -OCH3 is 1. The number of hydrogen-bond acceptors (Lipinski definition) is 7. The highest BCUT2D eigenvalue weighted by atomic mass is 32.1. The summed E-state index contributed by atoms with van der Waals surface area (Å²) in [5.41, 5.74) is -2.40. The first-order chi connectivity index (χ1) is 18.0. The molecule has 1 heterocycles. The molecule has 38 heavy (non-hydrogen) atoms. The molecule has 0 saturated heterocycles. The van der Waals surface area contributed by atoms with Gasteiger partial charge in [-0.15, -0.1) is 11.3 Å². The molecule has 0 radical (unpaired) electrons. The number of carbonyl (C=O) groups excluding carboxylic acids is 3. The van der Waals surface area contributed by atoms with Gasteiger partial charge in [-0.1, -0.05) is 55.0 Å². The normalized spacial score (nSPS) is 12.8. The van der Waals surface area contributed by atoms with E-state index >= 15 is 0 Å². The van der Waals surface area contributed by atoms with Gasteiger partial charge in [-0.25, -0.2) is 9.59 Å². The SMILES string of the molecule is CCOC(=O)c1c(NC(NC(=O)c2cccc(C)c2)(C(=O)OC)C(F)(F)F)sc(CC)c1-c1ccccc1. The first-order valence-corrected chi connectivity index (χ1v) is 12.5. The van der Waals surface area contributed by atoms with Crippen LogP contribution in [0.15, 0.2) is 54.6 Å². The molecule has 1 aromatic heterocycles. The van der Waals surface area contributed by atoms with Gasteiger partial charge in [0.25, 0.3) is 5.91 Å². The van der Waals surface area contributed by atoms with Gasteiger partial charge in [-0.05, 0) is 38.0 Å². The third-order valence-corrected chi connectivity index (χ3v) is 6.89. The van der Waals surface area contributed by atoms with Crippen molar-refractivity contribution in [2.75, 3.05) is 19.0 Å². The van der Waals surface area contributed by atoms with E-state index in [9.17, 15) is 27.6 Å². The second-order valence-electron chi connectivity index (χ2n) is 8.23. The number of alkyl halides is 3. The molecule has 2 N–H and O–H groups in total. The maximum Gasteiger partial charge on any atom is 0.441 e. The lowest BCUT2D eigenvalue weighted by Gasteiger charge is -2.34. The Balaban J connectivity index is 2.25. The molecule has 202 valence electrons. The summed E-state index contributed by atoms with van der Waals surface area (Å²) >= 11 is 0.860. The number of thiophene rings is 1. The van der Waals surface area contributed by atoms with Crippen LogP contribution in [0.3, 0.4) is 0 Å². The smallest absolute Gasteiger partial charge is 0.441 e. The molecule has 7 nitrogen and oxygen atoms in total. The van der Waals surface area contributed by atoms with E-state index in [1.165, 1.54) is 18.2 Å². The molecule has 3 rings (SSSR count). The Hall–Kier alpha value is -3.86. The van der Waals surface area contributed by atoms with E-state index in [2.05, 4.69) is 10.1 Å². The van der Waals surface area contributed by atoms with Crippen molar-refractivity contribution in [1.29, 1.82) is 0 Å². The van der Waals surface area contributed by atoms with E-state index in [0.29, 0.717) is 28.0 Å². The van der Waals surface area contributed by atoms with Crippen LogP contribution in [0.2, 0.25) is 0 Å². The van der Waals surface area contributed by atoms with Crippen molar-refractivity contribution in [2.24, 2.45) is 0 Å². The number of amides is 1. The van der Waals surface area contributed by atoms with Crippen molar-refractivity contribution in [1.82, 2.24) is 5.32 Å². The summed E-state index contributed by atoms with van der Waals surface area (Å²) in [5.74, 6) is -3.86. The Kier molecular flexibility index (Phi) is 8.82. The van der Waals surface area contributed by atoms with Crippen molar-refractivity contribution in [2.45, 2.75) is 39.0 Å². The molecule has 11 heteroatoms. The highest BCUT2D eigenvalue weighted by molar-refractivity contribution is 7.17. The number of hydrogen-bond donors (Lipinski definition) is 2. The molecule has 2 aromatic carbocycles. The molecule has 1 atom stereocenters. The van der Waals surface area contributed by atoms with Crippen LogP contribution in [0.5, 0.6) is 0 Å². The summed E-state index contributed by atoms with van der Waals surface area (Å²) in [4.78, 5) is 39.5. The van der Waals surface area contributed by atoms with Crippen LogP contribution in [0, 0.1) is 6.92 Å². The molecular formula is C27H27F3N2O5S. The van der Waals surface area contributed by atoms with E-state index in [-0.39, 0.29) is 22.7 Å². The second-order valence-corrected chi connectivity index (χ2v) is 9.34. The van der Waals surface area contributed by atoms with E-state index in [4.69, 9.17) is 4.74 Å². The first-order valence-electron chi connectivity index (χ1n) is 11.7. The predicted octanol–water partition coefficient (Wildman–Crippen LogP) is 5.74. The number of halogens is 3. The van der Waals surface area contributed by atoms with E-state index in [1.54, 1.807) is 62.5 Å². The number of nitrogens with one attached hydrogen (secondary N) is 2. The van der Waals surface area contributed by atoms with Crippen LogP contribution >= 0.6 is 11.3 Å². The summed E-state index contributed by atoms with van der Waals surface area (Å²) < 4.78 is 54.0. The van der Waals surface area contributed by atoms with Gasteiger partial charge in [-0.2, -0.15) is 13.2 Å². The second kappa shape index (κ2) is 11.7. The predicted molar refractivity (Wildman–Crippen MR) is 138 cm³/mol. The zero-order chi connectivity index (χ0) is 28.1. The van der Waals surface area contributed by atoms with Gasteiger partial charge in [0.15, 0.2) is 0 Å². The van der Waals surface area contributed by atoms with Crippen molar-refractivity contribution in [3.63, 3.8) is 0 Å². The number of ether oxygens (including phenoxy) is 2. The largest absolute Gasteiger partial charge is 0.466 e. The monoisotopic (exact) mass is 548 g/mol. The third kappa shape index (κ3) is 5.67. The first kappa shape index (κ1) is 28.7. The van der Waals surface area contributed by atoms with Gasteiger partial charge in [0.05, 0.1) is 13.7 Å². The van der Waals surface area contributed by atoms with E-state index in [0.717, 1.165) is 18.4 Å². The zero-order valence-electron chi connectivity index (χ0n) is 21.2. The molecule has 0 aliphatic heterocycles. The highest BCUT2D eigenvalue weighted by Gasteiger charge is 2.64. The number of rotatable bonds is 9. The van der Waals surface area contributed by atoms with Crippen LogP contribution < -0.4 is 10.6 Å². The Morgan fingerprint density at radius 1 is 1.00 bits per heavy atom.